The topological polar surface area (TPSA) is 75.6 Å². The van der Waals surface area contributed by atoms with Gasteiger partial charge < -0.3 is 15.2 Å². The van der Waals surface area contributed by atoms with E-state index < -0.39 is 11.5 Å². The first kappa shape index (κ1) is 13.0. The Morgan fingerprint density at radius 3 is 2.83 bits per heavy atom. The lowest BCUT2D eigenvalue weighted by Gasteiger charge is -2.20. The van der Waals surface area contributed by atoms with E-state index in [9.17, 15) is 9.59 Å². The molecule has 98 valence electrons. The van der Waals surface area contributed by atoms with Gasteiger partial charge in [0.2, 0.25) is 0 Å². The number of hydrogen-bond donors (Lipinski definition) is 2. The number of carboxylic acids is 1. The maximum absolute atomic E-state index is 12.0. The van der Waals surface area contributed by atoms with Crippen LogP contribution in [0.4, 0.5) is 0 Å². The van der Waals surface area contributed by atoms with Crippen LogP contribution in [-0.2, 0) is 22.6 Å². The molecule has 0 bridgehead atoms. The first-order chi connectivity index (χ1) is 8.40. The maximum atomic E-state index is 12.0. The van der Waals surface area contributed by atoms with Crippen LogP contribution in [0.15, 0.2) is 6.07 Å². The first-order valence-corrected chi connectivity index (χ1v) is 6.47. The second-order valence-corrected chi connectivity index (χ2v) is 5.88. The van der Waals surface area contributed by atoms with Crippen molar-refractivity contribution >= 4 is 23.2 Å². The number of ether oxygens (including phenoxy) is 1. The molecule has 0 atom stereocenters. The molecule has 1 aliphatic rings. The fraction of sp³-hybridized carbons (Fsp3) is 0.500. The van der Waals surface area contributed by atoms with Gasteiger partial charge in [-0.25, -0.2) is 4.79 Å². The highest BCUT2D eigenvalue weighted by Gasteiger charge is 2.30. The molecule has 0 fully saturated rings. The summed E-state index contributed by atoms with van der Waals surface area (Å²) in [5, 5.41) is 11.5. The van der Waals surface area contributed by atoms with Gasteiger partial charge in [0.1, 0.15) is 5.54 Å². The molecule has 18 heavy (non-hydrogen) atoms. The zero-order valence-electron chi connectivity index (χ0n) is 10.3. The average Bonchev–Trinajstić information content (AvgIpc) is 2.71. The van der Waals surface area contributed by atoms with Gasteiger partial charge in [-0.2, -0.15) is 0 Å². The number of carbonyl (C=O) groups excluding carboxylic acids is 1. The van der Waals surface area contributed by atoms with Gasteiger partial charge in [-0.15, -0.1) is 11.3 Å². The number of hydrogen-bond acceptors (Lipinski definition) is 4. The summed E-state index contributed by atoms with van der Waals surface area (Å²) >= 11 is 1.41. The van der Waals surface area contributed by atoms with Crippen LogP contribution in [0.25, 0.3) is 0 Å². The number of carbonyl (C=O) groups is 2. The lowest BCUT2D eigenvalue weighted by molar-refractivity contribution is -0.143. The number of fused-ring (bicyclic) bond motifs is 1. The van der Waals surface area contributed by atoms with Gasteiger partial charge in [0.05, 0.1) is 18.1 Å². The second kappa shape index (κ2) is 4.70. The van der Waals surface area contributed by atoms with Crippen molar-refractivity contribution in [3.05, 3.63) is 21.4 Å². The summed E-state index contributed by atoms with van der Waals surface area (Å²) in [6.07, 6.45) is 0.815. The second-order valence-electron chi connectivity index (χ2n) is 4.75. The molecular weight excluding hydrogens is 254 g/mol. The summed E-state index contributed by atoms with van der Waals surface area (Å²) < 4.78 is 5.31. The average molecular weight is 269 g/mol. The number of rotatable bonds is 3. The van der Waals surface area contributed by atoms with Crippen molar-refractivity contribution in [2.24, 2.45) is 0 Å². The number of aliphatic carboxylic acids is 1. The molecule has 1 aromatic rings. The molecule has 0 saturated heterocycles. The molecule has 0 spiro atoms. The Labute approximate surface area is 109 Å². The molecule has 5 nitrogen and oxygen atoms in total. The molecule has 0 unspecified atom stereocenters. The maximum Gasteiger partial charge on any atom is 0.328 e. The van der Waals surface area contributed by atoms with Crippen molar-refractivity contribution < 1.29 is 19.4 Å². The van der Waals surface area contributed by atoms with Crippen molar-refractivity contribution in [3.8, 4) is 0 Å². The van der Waals surface area contributed by atoms with E-state index in [1.807, 2.05) is 0 Å². The van der Waals surface area contributed by atoms with E-state index in [1.54, 1.807) is 6.07 Å². The Hall–Kier alpha value is -1.40. The predicted octanol–water partition coefficient (Wildman–Crippen LogP) is 1.41. The van der Waals surface area contributed by atoms with Crippen LogP contribution in [0.1, 0.15) is 34.0 Å². The number of amides is 1. The van der Waals surface area contributed by atoms with E-state index >= 15 is 0 Å². The smallest absolute Gasteiger partial charge is 0.328 e. The van der Waals surface area contributed by atoms with Gasteiger partial charge in [-0.1, -0.05) is 0 Å². The van der Waals surface area contributed by atoms with Crippen molar-refractivity contribution in [2.75, 3.05) is 6.61 Å². The van der Waals surface area contributed by atoms with Crippen LogP contribution in [0.2, 0.25) is 0 Å². The highest BCUT2D eigenvalue weighted by Crippen LogP contribution is 2.27. The van der Waals surface area contributed by atoms with E-state index in [-0.39, 0.29) is 5.91 Å². The van der Waals surface area contributed by atoms with E-state index in [0.29, 0.717) is 18.1 Å². The minimum atomic E-state index is -1.27. The first-order valence-electron chi connectivity index (χ1n) is 5.65. The minimum Gasteiger partial charge on any atom is -0.480 e. The summed E-state index contributed by atoms with van der Waals surface area (Å²) in [6, 6.07) is 1.78. The number of carboxylic acid groups (broad SMARTS) is 1. The van der Waals surface area contributed by atoms with Gasteiger partial charge in [0, 0.05) is 11.3 Å². The Balaban J connectivity index is 2.14. The van der Waals surface area contributed by atoms with Crippen molar-refractivity contribution in [3.63, 3.8) is 0 Å². The van der Waals surface area contributed by atoms with Crippen LogP contribution >= 0.6 is 11.3 Å². The molecule has 1 amide bonds. The van der Waals surface area contributed by atoms with Crippen molar-refractivity contribution in [2.45, 2.75) is 32.4 Å². The highest BCUT2D eigenvalue weighted by molar-refractivity contribution is 7.14. The fourth-order valence-electron chi connectivity index (χ4n) is 1.66. The molecule has 1 aromatic heterocycles. The Morgan fingerprint density at radius 1 is 1.50 bits per heavy atom. The minimum absolute atomic E-state index is 0.346. The summed E-state index contributed by atoms with van der Waals surface area (Å²) in [5.41, 5.74) is -0.234. The summed E-state index contributed by atoms with van der Waals surface area (Å²) in [4.78, 5) is 24.6. The molecular formula is C12H15NO4S. The van der Waals surface area contributed by atoms with E-state index in [2.05, 4.69) is 5.32 Å². The molecule has 0 aliphatic carbocycles. The van der Waals surface area contributed by atoms with E-state index in [0.717, 1.165) is 16.9 Å². The lowest BCUT2D eigenvalue weighted by Crippen LogP contribution is -2.49. The fourth-order valence-corrected chi connectivity index (χ4v) is 2.70. The highest BCUT2D eigenvalue weighted by atomic mass is 32.1. The molecule has 6 heteroatoms. The Kier molecular flexibility index (Phi) is 3.41. The van der Waals surface area contributed by atoms with Gasteiger partial charge in [-0.3, -0.25) is 4.79 Å². The molecule has 1 aliphatic heterocycles. The van der Waals surface area contributed by atoms with Crippen LogP contribution in [0, 0.1) is 0 Å². The van der Waals surface area contributed by atoms with Crippen molar-refractivity contribution in [1.82, 2.24) is 5.32 Å². The van der Waals surface area contributed by atoms with Crippen LogP contribution in [0.3, 0.4) is 0 Å². The largest absolute Gasteiger partial charge is 0.480 e. The number of nitrogens with one attached hydrogen (secondary N) is 1. The van der Waals surface area contributed by atoms with E-state index in [1.165, 1.54) is 25.2 Å². The van der Waals surface area contributed by atoms with Gasteiger partial charge in [0.15, 0.2) is 0 Å². The third kappa shape index (κ3) is 2.54. The summed E-state index contributed by atoms with van der Waals surface area (Å²) in [7, 11) is 0. The van der Waals surface area contributed by atoms with E-state index in [4.69, 9.17) is 9.84 Å². The van der Waals surface area contributed by atoms with Crippen LogP contribution in [-0.4, -0.2) is 29.1 Å². The lowest BCUT2D eigenvalue weighted by atomic mass is 10.1. The zero-order chi connectivity index (χ0) is 13.3. The third-order valence-corrected chi connectivity index (χ3v) is 4.05. The molecule has 0 aromatic carbocycles. The molecule has 2 rings (SSSR count). The monoisotopic (exact) mass is 269 g/mol. The Morgan fingerprint density at radius 2 is 2.22 bits per heavy atom. The van der Waals surface area contributed by atoms with Gasteiger partial charge >= 0.3 is 5.97 Å². The number of thiophene rings is 1. The molecule has 0 radical (unpaired) electrons. The molecule has 2 N–H and O–H groups in total. The normalized spacial score (nSPS) is 15.0. The van der Waals surface area contributed by atoms with Gasteiger partial charge in [-0.05, 0) is 25.5 Å². The Bertz CT molecular complexity index is 469. The van der Waals surface area contributed by atoms with Crippen LogP contribution < -0.4 is 5.32 Å². The standard InChI is InChI=1S/C12H15NO4S/c1-12(2,11(15)16)13-10(14)9-5-7-6-17-4-3-8(7)18-9/h5H,3-4,6H2,1-2H3,(H,13,14)(H,15,16). The van der Waals surface area contributed by atoms with Gasteiger partial charge in [0.25, 0.3) is 5.91 Å². The summed E-state index contributed by atoms with van der Waals surface area (Å²) in [6.45, 7) is 4.13. The molecule has 0 saturated carbocycles. The predicted molar refractivity (Wildman–Crippen MR) is 66.9 cm³/mol. The molecule has 2 heterocycles. The third-order valence-electron chi connectivity index (χ3n) is 2.81. The van der Waals surface area contributed by atoms with Crippen molar-refractivity contribution in [1.29, 1.82) is 0 Å². The quantitative estimate of drug-likeness (QED) is 0.870. The summed E-state index contributed by atoms with van der Waals surface area (Å²) in [5.74, 6) is -1.40. The van der Waals surface area contributed by atoms with Crippen LogP contribution in [0.5, 0.6) is 0 Å². The SMILES string of the molecule is CC(C)(NC(=O)c1cc2c(s1)CCOC2)C(=O)O. The zero-order valence-corrected chi connectivity index (χ0v) is 11.1.